The summed E-state index contributed by atoms with van der Waals surface area (Å²) in [7, 11) is 0. The molecule has 0 unspecified atom stereocenters. The summed E-state index contributed by atoms with van der Waals surface area (Å²) in [4.78, 5) is 23.0. The van der Waals surface area contributed by atoms with E-state index in [1.807, 2.05) is 0 Å². The molecule has 1 aliphatic rings. The molecule has 1 saturated heterocycles. The lowest BCUT2D eigenvalue weighted by atomic mass is 10.3. The molecule has 0 saturated carbocycles. The van der Waals surface area contributed by atoms with Gasteiger partial charge < -0.3 is 4.90 Å². The van der Waals surface area contributed by atoms with Crippen LogP contribution in [0.2, 0.25) is 0 Å². The Hall–Kier alpha value is -2.55. The number of anilines is 1. The average molecular weight is 289 g/mol. The van der Waals surface area contributed by atoms with Crippen molar-refractivity contribution in [2.75, 3.05) is 31.1 Å². The number of aromatic nitrogens is 4. The van der Waals surface area contributed by atoms with Gasteiger partial charge in [0.05, 0.1) is 11.6 Å². The molecule has 0 atom stereocenters. The quantitative estimate of drug-likeness (QED) is 0.592. The third-order valence-electron chi connectivity index (χ3n) is 3.38. The van der Waals surface area contributed by atoms with Crippen molar-refractivity contribution in [1.29, 1.82) is 0 Å². The summed E-state index contributed by atoms with van der Waals surface area (Å²) >= 11 is 0. The molecule has 0 aromatic carbocycles. The van der Waals surface area contributed by atoms with Crippen LogP contribution in [0.5, 0.6) is 0 Å². The van der Waals surface area contributed by atoms with E-state index < -0.39 is 4.92 Å². The first kappa shape index (κ1) is 13.4. The Kier molecular flexibility index (Phi) is 3.73. The molecular formula is C12H15N7O2. The Labute approximate surface area is 121 Å². The largest absolute Gasteiger partial charge is 0.338 e. The standard InChI is InChI=1S/C12H15N7O2/c20-19(21)11-8-15-18(9-11)10-16-4-6-17(7-5-16)12-13-2-1-3-14-12/h1-3,8-9H,4-7,10H2. The number of nitrogens with zero attached hydrogens (tertiary/aromatic N) is 7. The van der Waals surface area contributed by atoms with Crippen molar-refractivity contribution < 1.29 is 4.92 Å². The van der Waals surface area contributed by atoms with Gasteiger partial charge in [0, 0.05) is 38.6 Å². The summed E-state index contributed by atoms with van der Waals surface area (Å²) in [5.74, 6) is 0.742. The first-order valence-corrected chi connectivity index (χ1v) is 6.63. The monoisotopic (exact) mass is 289 g/mol. The molecule has 0 bridgehead atoms. The maximum Gasteiger partial charge on any atom is 0.307 e. The number of hydrogen-bond donors (Lipinski definition) is 0. The lowest BCUT2D eigenvalue weighted by molar-refractivity contribution is -0.385. The van der Waals surface area contributed by atoms with Gasteiger partial charge in [-0.25, -0.2) is 9.97 Å². The molecular weight excluding hydrogens is 274 g/mol. The highest BCUT2D eigenvalue weighted by Crippen LogP contribution is 2.12. The molecule has 1 fully saturated rings. The second-order valence-electron chi connectivity index (χ2n) is 4.79. The molecule has 9 nitrogen and oxygen atoms in total. The smallest absolute Gasteiger partial charge is 0.307 e. The number of piperazine rings is 1. The molecule has 0 amide bonds. The maximum atomic E-state index is 10.6. The Morgan fingerprint density at radius 1 is 1.19 bits per heavy atom. The Morgan fingerprint density at radius 3 is 2.52 bits per heavy atom. The molecule has 2 aromatic rings. The zero-order chi connectivity index (χ0) is 14.7. The summed E-state index contributed by atoms with van der Waals surface area (Å²) in [5.41, 5.74) is 0.0197. The van der Waals surface area contributed by atoms with E-state index in [9.17, 15) is 10.1 Å². The van der Waals surface area contributed by atoms with Crippen LogP contribution in [0.4, 0.5) is 11.6 Å². The Morgan fingerprint density at radius 2 is 1.90 bits per heavy atom. The molecule has 0 N–H and O–H groups in total. The van der Waals surface area contributed by atoms with Crippen molar-refractivity contribution in [1.82, 2.24) is 24.6 Å². The molecule has 21 heavy (non-hydrogen) atoms. The summed E-state index contributed by atoms with van der Waals surface area (Å²) in [6, 6.07) is 1.80. The first-order chi connectivity index (χ1) is 10.2. The van der Waals surface area contributed by atoms with E-state index in [4.69, 9.17) is 0 Å². The SMILES string of the molecule is O=[N+]([O-])c1cnn(CN2CCN(c3ncccn3)CC2)c1. The fraction of sp³-hybridized carbons (Fsp3) is 0.417. The van der Waals surface area contributed by atoms with E-state index >= 15 is 0 Å². The minimum atomic E-state index is -0.436. The molecule has 0 spiro atoms. The fourth-order valence-corrected chi connectivity index (χ4v) is 2.27. The van der Waals surface area contributed by atoms with Crippen LogP contribution < -0.4 is 4.90 Å². The minimum Gasteiger partial charge on any atom is -0.338 e. The van der Waals surface area contributed by atoms with Gasteiger partial charge >= 0.3 is 5.69 Å². The lowest BCUT2D eigenvalue weighted by Gasteiger charge is -2.34. The van der Waals surface area contributed by atoms with Gasteiger partial charge in [0.2, 0.25) is 5.95 Å². The highest BCUT2D eigenvalue weighted by Gasteiger charge is 2.19. The van der Waals surface area contributed by atoms with Crippen molar-refractivity contribution in [2.24, 2.45) is 0 Å². The number of rotatable bonds is 4. The predicted octanol–water partition coefficient (Wildman–Crippen LogP) is 0.361. The van der Waals surface area contributed by atoms with Crippen molar-refractivity contribution >= 4 is 11.6 Å². The second-order valence-corrected chi connectivity index (χ2v) is 4.79. The molecule has 2 aromatic heterocycles. The van der Waals surface area contributed by atoms with E-state index in [0.29, 0.717) is 6.67 Å². The molecule has 1 aliphatic heterocycles. The van der Waals surface area contributed by atoms with Gasteiger partial charge in [-0.3, -0.25) is 19.7 Å². The van der Waals surface area contributed by atoms with Crippen molar-refractivity contribution in [3.8, 4) is 0 Å². The van der Waals surface area contributed by atoms with E-state index in [1.165, 1.54) is 12.4 Å². The first-order valence-electron chi connectivity index (χ1n) is 6.63. The van der Waals surface area contributed by atoms with E-state index in [2.05, 4.69) is 24.9 Å². The van der Waals surface area contributed by atoms with Crippen LogP contribution in [0.15, 0.2) is 30.9 Å². The van der Waals surface area contributed by atoms with E-state index in [1.54, 1.807) is 23.1 Å². The second kappa shape index (κ2) is 5.83. The predicted molar refractivity (Wildman–Crippen MR) is 74.7 cm³/mol. The van der Waals surface area contributed by atoms with Gasteiger partial charge in [-0.2, -0.15) is 5.10 Å². The van der Waals surface area contributed by atoms with E-state index in [0.717, 1.165) is 32.1 Å². The van der Waals surface area contributed by atoms with Crippen LogP contribution in [0.3, 0.4) is 0 Å². The van der Waals surface area contributed by atoms with Crippen molar-refractivity contribution in [3.05, 3.63) is 41.0 Å². The van der Waals surface area contributed by atoms with E-state index in [-0.39, 0.29) is 5.69 Å². The molecule has 110 valence electrons. The molecule has 0 radical (unpaired) electrons. The Bertz CT molecular complexity index is 607. The van der Waals surface area contributed by atoms with Gasteiger partial charge in [0.1, 0.15) is 12.4 Å². The fourth-order valence-electron chi connectivity index (χ4n) is 2.27. The van der Waals surface area contributed by atoms with Crippen LogP contribution in [0.1, 0.15) is 0 Å². The Balaban J connectivity index is 1.55. The lowest BCUT2D eigenvalue weighted by Crippen LogP contribution is -2.47. The number of nitro groups is 1. The van der Waals surface area contributed by atoms with Crippen LogP contribution >= 0.6 is 0 Å². The highest BCUT2D eigenvalue weighted by atomic mass is 16.6. The summed E-state index contributed by atoms with van der Waals surface area (Å²) in [6.45, 7) is 3.88. The zero-order valence-electron chi connectivity index (χ0n) is 11.4. The summed E-state index contributed by atoms with van der Waals surface area (Å²) in [6.07, 6.45) is 6.19. The van der Waals surface area contributed by atoms with Crippen molar-refractivity contribution in [3.63, 3.8) is 0 Å². The van der Waals surface area contributed by atoms with Crippen LogP contribution in [-0.4, -0.2) is 55.8 Å². The highest BCUT2D eigenvalue weighted by molar-refractivity contribution is 5.29. The average Bonchev–Trinajstić information content (AvgIpc) is 2.98. The van der Waals surface area contributed by atoms with Crippen LogP contribution in [-0.2, 0) is 6.67 Å². The van der Waals surface area contributed by atoms with Gasteiger partial charge in [-0.05, 0) is 6.07 Å². The molecule has 0 aliphatic carbocycles. The summed E-state index contributed by atoms with van der Waals surface area (Å²) < 4.78 is 1.59. The van der Waals surface area contributed by atoms with Gasteiger partial charge in [0.15, 0.2) is 0 Å². The molecule has 3 heterocycles. The zero-order valence-corrected chi connectivity index (χ0v) is 11.4. The van der Waals surface area contributed by atoms with Crippen LogP contribution in [0, 0.1) is 10.1 Å². The molecule has 3 rings (SSSR count). The van der Waals surface area contributed by atoms with Gasteiger partial charge in [-0.1, -0.05) is 0 Å². The molecule has 9 heteroatoms. The van der Waals surface area contributed by atoms with Gasteiger partial charge in [0.25, 0.3) is 0 Å². The van der Waals surface area contributed by atoms with Crippen molar-refractivity contribution in [2.45, 2.75) is 6.67 Å². The van der Waals surface area contributed by atoms with Gasteiger partial charge in [-0.15, -0.1) is 0 Å². The maximum absolute atomic E-state index is 10.6. The minimum absolute atomic E-state index is 0.0197. The third-order valence-corrected chi connectivity index (χ3v) is 3.38. The van der Waals surface area contributed by atoms with Crippen LogP contribution in [0.25, 0.3) is 0 Å². The normalized spacial score (nSPS) is 16.1. The third kappa shape index (κ3) is 3.14. The summed E-state index contributed by atoms with van der Waals surface area (Å²) in [5, 5.41) is 14.6. The topological polar surface area (TPSA) is 93.2 Å². The number of hydrogen-bond acceptors (Lipinski definition) is 7.